The van der Waals surface area contributed by atoms with E-state index in [0.717, 1.165) is 12.1 Å². The number of nitrogens with zero attached hydrogens (tertiary/aromatic N) is 1. The molecule has 0 radical (unpaired) electrons. The minimum atomic E-state index is -1.18. The molecule has 3 nitrogen and oxygen atoms in total. The third kappa shape index (κ3) is 4.00. The molecule has 29 heavy (non-hydrogen) atoms. The standard InChI is InChI=1S/C22H15Cl2F2NO2/c1-3-4-15-12(2)27(20-8-6-14(25)10-19(20)26)11-16(22(28)29)21(15)13-5-7-17(23)18(24)9-13/h5-10H,11H2,1-2H3,(H,28,29). The zero-order valence-electron chi connectivity index (χ0n) is 15.5. The van der Waals surface area contributed by atoms with E-state index in [4.69, 9.17) is 23.2 Å². The minimum Gasteiger partial charge on any atom is -0.478 e. The van der Waals surface area contributed by atoms with Crippen molar-refractivity contribution in [1.82, 2.24) is 0 Å². The fraction of sp³-hybridized carbons (Fsp3) is 0.136. The van der Waals surface area contributed by atoms with Crippen LogP contribution in [-0.2, 0) is 4.79 Å². The van der Waals surface area contributed by atoms with Gasteiger partial charge in [-0.25, -0.2) is 13.6 Å². The second kappa shape index (κ2) is 8.28. The first-order valence-corrected chi connectivity index (χ1v) is 9.28. The van der Waals surface area contributed by atoms with Crippen molar-refractivity contribution in [3.63, 3.8) is 0 Å². The van der Waals surface area contributed by atoms with Crippen molar-refractivity contribution in [2.75, 3.05) is 11.4 Å². The molecule has 3 rings (SSSR count). The monoisotopic (exact) mass is 433 g/mol. The Hall–Kier alpha value is -2.81. The number of carboxylic acids is 1. The molecule has 0 fully saturated rings. The predicted molar refractivity (Wildman–Crippen MR) is 111 cm³/mol. The summed E-state index contributed by atoms with van der Waals surface area (Å²) in [5, 5.41) is 10.5. The van der Waals surface area contributed by atoms with Crippen molar-refractivity contribution in [1.29, 1.82) is 0 Å². The topological polar surface area (TPSA) is 40.5 Å². The van der Waals surface area contributed by atoms with Gasteiger partial charge in [-0.1, -0.05) is 35.2 Å². The van der Waals surface area contributed by atoms with E-state index in [-0.39, 0.29) is 22.8 Å². The summed E-state index contributed by atoms with van der Waals surface area (Å²) in [4.78, 5) is 13.6. The number of carboxylic acid groups (broad SMARTS) is 1. The molecule has 1 aliphatic heterocycles. The lowest BCUT2D eigenvalue weighted by atomic mass is 9.88. The van der Waals surface area contributed by atoms with E-state index >= 15 is 0 Å². The Balaban J connectivity index is 2.27. The highest BCUT2D eigenvalue weighted by molar-refractivity contribution is 6.42. The largest absolute Gasteiger partial charge is 0.478 e. The van der Waals surface area contributed by atoms with Crippen LogP contribution in [-0.4, -0.2) is 17.6 Å². The lowest BCUT2D eigenvalue weighted by Gasteiger charge is -2.33. The number of hydrogen-bond donors (Lipinski definition) is 1. The number of hydrogen-bond acceptors (Lipinski definition) is 2. The van der Waals surface area contributed by atoms with Gasteiger partial charge in [0.1, 0.15) is 11.6 Å². The van der Waals surface area contributed by atoms with Crippen LogP contribution in [0.25, 0.3) is 5.57 Å². The normalized spacial score (nSPS) is 14.1. The van der Waals surface area contributed by atoms with E-state index in [1.165, 1.54) is 11.0 Å². The number of aliphatic carboxylic acids is 1. The molecule has 1 heterocycles. The van der Waals surface area contributed by atoms with Crippen molar-refractivity contribution in [3.05, 3.63) is 80.5 Å². The van der Waals surface area contributed by atoms with Crippen LogP contribution in [0.15, 0.2) is 53.2 Å². The van der Waals surface area contributed by atoms with Gasteiger partial charge >= 0.3 is 5.97 Å². The van der Waals surface area contributed by atoms with Gasteiger partial charge < -0.3 is 10.0 Å². The van der Waals surface area contributed by atoms with Crippen LogP contribution in [0.4, 0.5) is 14.5 Å². The van der Waals surface area contributed by atoms with Crippen LogP contribution in [0.1, 0.15) is 19.4 Å². The molecule has 0 aromatic heterocycles. The van der Waals surface area contributed by atoms with Crippen LogP contribution in [0.2, 0.25) is 10.0 Å². The van der Waals surface area contributed by atoms with E-state index in [1.807, 2.05) is 0 Å². The highest BCUT2D eigenvalue weighted by atomic mass is 35.5. The van der Waals surface area contributed by atoms with Crippen molar-refractivity contribution < 1.29 is 18.7 Å². The quantitative estimate of drug-likeness (QED) is 0.609. The van der Waals surface area contributed by atoms with Gasteiger partial charge in [0.05, 0.1) is 33.4 Å². The SMILES string of the molecule is CC#CC1=C(C)N(c2ccc(F)cc2F)CC(C(=O)O)=C1c1ccc(Cl)c(Cl)c1. The van der Waals surface area contributed by atoms with Crippen molar-refractivity contribution >= 4 is 40.4 Å². The van der Waals surface area contributed by atoms with E-state index in [9.17, 15) is 18.7 Å². The average molecular weight is 434 g/mol. The first kappa shape index (κ1) is 20.9. The first-order chi connectivity index (χ1) is 13.7. The lowest BCUT2D eigenvalue weighted by molar-refractivity contribution is -0.132. The molecule has 7 heteroatoms. The number of allylic oxidation sites excluding steroid dienone is 3. The molecule has 0 spiro atoms. The molecule has 0 saturated heterocycles. The minimum absolute atomic E-state index is 0.00969. The summed E-state index contributed by atoms with van der Waals surface area (Å²) in [5.41, 5.74) is 1.95. The highest BCUT2D eigenvalue weighted by Gasteiger charge is 2.31. The summed E-state index contributed by atoms with van der Waals surface area (Å²) in [6.07, 6.45) is 0. The van der Waals surface area contributed by atoms with Crippen LogP contribution in [0, 0.1) is 23.5 Å². The maximum Gasteiger partial charge on any atom is 0.334 e. The zero-order chi connectivity index (χ0) is 21.3. The molecule has 0 aliphatic carbocycles. The Morgan fingerprint density at radius 3 is 2.45 bits per heavy atom. The lowest BCUT2D eigenvalue weighted by Crippen LogP contribution is -2.32. The van der Waals surface area contributed by atoms with Crippen molar-refractivity contribution in [2.45, 2.75) is 13.8 Å². The number of carbonyl (C=O) groups is 1. The molecule has 1 aliphatic rings. The molecule has 2 aromatic rings. The first-order valence-electron chi connectivity index (χ1n) is 8.53. The van der Waals surface area contributed by atoms with E-state index in [1.54, 1.807) is 32.0 Å². The van der Waals surface area contributed by atoms with Gasteiger partial charge in [-0.15, -0.1) is 5.92 Å². The Morgan fingerprint density at radius 2 is 1.86 bits per heavy atom. The maximum atomic E-state index is 14.4. The Morgan fingerprint density at radius 1 is 1.14 bits per heavy atom. The van der Waals surface area contributed by atoms with Gasteiger partial charge in [0, 0.05) is 17.3 Å². The maximum absolute atomic E-state index is 14.4. The second-order valence-electron chi connectivity index (χ2n) is 6.30. The average Bonchev–Trinajstić information content (AvgIpc) is 2.66. The van der Waals surface area contributed by atoms with Crippen LogP contribution in [0.3, 0.4) is 0 Å². The number of halogens is 4. The molecule has 0 saturated carbocycles. The van der Waals surface area contributed by atoms with Gasteiger partial charge in [-0.3, -0.25) is 0 Å². The fourth-order valence-corrected chi connectivity index (χ4v) is 3.51. The molecular formula is C22H15Cl2F2NO2. The van der Waals surface area contributed by atoms with Crippen LogP contribution < -0.4 is 4.90 Å². The summed E-state index contributed by atoms with van der Waals surface area (Å²) in [7, 11) is 0. The second-order valence-corrected chi connectivity index (χ2v) is 7.12. The highest BCUT2D eigenvalue weighted by Crippen LogP contribution is 2.39. The Bertz CT molecular complexity index is 1140. The fourth-order valence-electron chi connectivity index (χ4n) is 3.21. The van der Waals surface area contributed by atoms with Crippen LogP contribution in [0.5, 0.6) is 0 Å². The van der Waals surface area contributed by atoms with E-state index in [2.05, 4.69) is 11.8 Å². The van der Waals surface area contributed by atoms with Gasteiger partial charge in [0.25, 0.3) is 0 Å². The summed E-state index contributed by atoms with van der Waals surface area (Å²) in [6, 6.07) is 7.95. The van der Waals surface area contributed by atoms with Gasteiger partial charge in [-0.05, 0) is 43.7 Å². The zero-order valence-corrected chi connectivity index (χ0v) is 17.0. The predicted octanol–water partition coefficient (Wildman–Crippen LogP) is 5.93. The molecule has 2 aromatic carbocycles. The number of anilines is 1. The summed E-state index contributed by atoms with van der Waals surface area (Å²) in [5.74, 6) is 3.01. The molecule has 0 unspecified atom stereocenters. The third-order valence-corrected chi connectivity index (χ3v) is 5.29. The summed E-state index contributed by atoms with van der Waals surface area (Å²) in [6.45, 7) is 3.19. The molecule has 148 valence electrons. The van der Waals surface area contributed by atoms with Gasteiger partial charge in [0.15, 0.2) is 0 Å². The Labute approximate surface area is 176 Å². The molecule has 0 atom stereocenters. The van der Waals surface area contributed by atoms with Crippen molar-refractivity contribution in [3.8, 4) is 11.8 Å². The number of rotatable bonds is 3. The third-order valence-electron chi connectivity index (χ3n) is 4.55. The van der Waals surface area contributed by atoms with Crippen LogP contribution >= 0.6 is 23.2 Å². The summed E-state index contributed by atoms with van der Waals surface area (Å²) < 4.78 is 27.8. The Kier molecular flexibility index (Phi) is 5.97. The molecular weight excluding hydrogens is 419 g/mol. The van der Waals surface area contributed by atoms with Crippen molar-refractivity contribution in [2.24, 2.45) is 0 Å². The number of benzene rings is 2. The van der Waals surface area contributed by atoms with Gasteiger partial charge in [0.2, 0.25) is 0 Å². The molecule has 1 N–H and O–H groups in total. The molecule has 0 amide bonds. The molecule has 0 bridgehead atoms. The van der Waals surface area contributed by atoms with E-state index < -0.39 is 17.6 Å². The van der Waals surface area contributed by atoms with E-state index in [0.29, 0.717) is 27.4 Å². The van der Waals surface area contributed by atoms with Gasteiger partial charge in [-0.2, -0.15) is 0 Å². The summed E-state index contributed by atoms with van der Waals surface area (Å²) >= 11 is 12.1. The smallest absolute Gasteiger partial charge is 0.334 e.